The first-order valence-corrected chi connectivity index (χ1v) is 8.38. The van der Waals surface area contributed by atoms with Crippen molar-refractivity contribution < 1.29 is 19.4 Å². The van der Waals surface area contributed by atoms with Crippen LogP contribution in [0.5, 0.6) is 11.5 Å². The molecule has 0 aromatic heterocycles. The van der Waals surface area contributed by atoms with Gasteiger partial charge >= 0.3 is 5.97 Å². The van der Waals surface area contributed by atoms with Gasteiger partial charge in [-0.1, -0.05) is 11.6 Å². The van der Waals surface area contributed by atoms with Crippen LogP contribution in [0.2, 0.25) is 5.02 Å². The molecular formula is C17H24ClNO4. The van der Waals surface area contributed by atoms with Crippen molar-refractivity contribution >= 4 is 17.6 Å². The molecule has 1 aromatic rings. The maximum absolute atomic E-state index is 11.0. The van der Waals surface area contributed by atoms with Crippen molar-refractivity contribution in [2.24, 2.45) is 5.92 Å². The number of hydrogen-bond donors (Lipinski definition) is 2. The zero-order chi connectivity index (χ0) is 16.8. The Labute approximate surface area is 141 Å². The molecule has 1 saturated carbocycles. The first-order chi connectivity index (χ1) is 11.0. The molecule has 6 heteroatoms. The molecule has 1 fully saturated rings. The Bertz CT molecular complexity index is 542. The molecule has 0 atom stereocenters. The van der Waals surface area contributed by atoms with Crippen LogP contribution >= 0.6 is 11.6 Å². The van der Waals surface area contributed by atoms with E-state index < -0.39 is 5.97 Å². The van der Waals surface area contributed by atoms with Crippen LogP contribution in [-0.2, 0) is 11.3 Å². The quantitative estimate of drug-likeness (QED) is 0.794. The normalized spacial score (nSPS) is 21.0. The van der Waals surface area contributed by atoms with E-state index in [1.807, 2.05) is 19.1 Å². The summed E-state index contributed by atoms with van der Waals surface area (Å²) in [6, 6.07) is 4.16. The second-order valence-corrected chi connectivity index (χ2v) is 6.22. The highest BCUT2D eigenvalue weighted by molar-refractivity contribution is 6.32. The SMILES string of the molecule is CCOc1cc(CNC2CCC(C(=O)O)CC2)cc(Cl)c1OC. The van der Waals surface area contributed by atoms with Crippen LogP contribution in [0.3, 0.4) is 0 Å². The van der Waals surface area contributed by atoms with Crippen LogP contribution < -0.4 is 14.8 Å². The van der Waals surface area contributed by atoms with Crippen molar-refractivity contribution in [3.05, 3.63) is 22.7 Å². The summed E-state index contributed by atoms with van der Waals surface area (Å²) in [5, 5.41) is 13.0. The number of hydrogen-bond acceptors (Lipinski definition) is 4. The molecule has 23 heavy (non-hydrogen) atoms. The number of aliphatic carboxylic acids is 1. The number of rotatable bonds is 7. The molecule has 1 aliphatic carbocycles. The fraction of sp³-hybridized carbons (Fsp3) is 0.588. The third-order valence-corrected chi connectivity index (χ3v) is 4.53. The summed E-state index contributed by atoms with van der Waals surface area (Å²) in [6.45, 7) is 3.13. The molecule has 0 bridgehead atoms. The van der Waals surface area contributed by atoms with Gasteiger partial charge in [0, 0.05) is 12.6 Å². The van der Waals surface area contributed by atoms with E-state index >= 15 is 0 Å². The topological polar surface area (TPSA) is 67.8 Å². The van der Waals surface area contributed by atoms with Crippen molar-refractivity contribution in [2.45, 2.75) is 45.2 Å². The Morgan fingerprint density at radius 3 is 2.61 bits per heavy atom. The molecule has 0 radical (unpaired) electrons. The number of methoxy groups -OCH3 is 1. The van der Waals surface area contributed by atoms with Crippen molar-refractivity contribution in [3.8, 4) is 11.5 Å². The largest absolute Gasteiger partial charge is 0.491 e. The lowest BCUT2D eigenvalue weighted by Gasteiger charge is -2.27. The highest BCUT2D eigenvalue weighted by Gasteiger charge is 2.25. The number of carboxylic acid groups (broad SMARTS) is 1. The lowest BCUT2D eigenvalue weighted by atomic mass is 9.86. The highest BCUT2D eigenvalue weighted by Crippen LogP contribution is 2.36. The van der Waals surface area contributed by atoms with E-state index in [-0.39, 0.29) is 5.92 Å². The van der Waals surface area contributed by atoms with E-state index in [9.17, 15) is 4.79 Å². The second-order valence-electron chi connectivity index (χ2n) is 5.81. The van der Waals surface area contributed by atoms with Gasteiger partial charge in [-0.05, 0) is 50.3 Å². The molecule has 0 unspecified atom stereocenters. The van der Waals surface area contributed by atoms with Gasteiger partial charge in [-0.3, -0.25) is 4.79 Å². The minimum atomic E-state index is -0.674. The van der Waals surface area contributed by atoms with E-state index in [2.05, 4.69) is 5.32 Å². The molecule has 0 heterocycles. The van der Waals surface area contributed by atoms with Crippen LogP contribution in [0.4, 0.5) is 0 Å². The number of carboxylic acids is 1. The molecule has 0 saturated heterocycles. The van der Waals surface area contributed by atoms with Crippen molar-refractivity contribution in [1.29, 1.82) is 0 Å². The lowest BCUT2D eigenvalue weighted by Crippen LogP contribution is -2.34. The van der Waals surface area contributed by atoms with E-state index in [1.54, 1.807) is 7.11 Å². The monoisotopic (exact) mass is 341 g/mol. The summed E-state index contributed by atoms with van der Waals surface area (Å²) in [7, 11) is 1.57. The second kappa shape index (κ2) is 8.41. The summed E-state index contributed by atoms with van der Waals surface area (Å²) in [4.78, 5) is 11.0. The van der Waals surface area contributed by atoms with Gasteiger partial charge in [-0.25, -0.2) is 0 Å². The van der Waals surface area contributed by atoms with Gasteiger partial charge in [0.05, 0.1) is 24.7 Å². The smallest absolute Gasteiger partial charge is 0.306 e. The van der Waals surface area contributed by atoms with Gasteiger partial charge in [0.2, 0.25) is 0 Å². The Balaban J connectivity index is 1.94. The Hall–Kier alpha value is -1.46. The maximum Gasteiger partial charge on any atom is 0.306 e. The molecule has 5 nitrogen and oxygen atoms in total. The summed E-state index contributed by atoms with van der Waals surface area (Å²) in [5.41, 5.74) is 1.03. The molecule has 128 valence electrons. The zero-order valence-corrected chi connectivity index (χ0v) is 14.4. The molecular weight excluding hydrogens is 318 g/mol. The van der Waals surface area contributed by atoms with Gasteiger partial charge in [0.25, 0.3) is 0 Å². The number of carbonyl (C=O) groups is 1. The molecule has 0 spiro atoms. The van der Waals surface area contributed by atoms with E-state index in [0.29, 0.717) is 35.7 Å². The molecule has 2 rings (SSSR count). The lowest BCUT2D eigenvalue weighted by molar-refractivity contribution is -0.142. The first kappa shape index (κ1) is 17.9. The van der Waals surface area contributed by atoms with Gasteiger partial charge in [-0.15, -0.1) is 0 Å². The third kappa shape index (κ3) is 4.75. The maximum atomic E-state index is 11.0. The predicted molar refractivity (Wildman–Crippen MR) is 89.4 cm³/mol. The average Bonchev–Trinajstić information content (AvgIpc) is 2.53. The van der Waals surface area contributed by atoms with Gasteiger partial charge in [0.15, 0.2) is 11.5 Å². The first-order valence-electron chi connectivity index (χ1n) is 8.00. The standard InChI is InChI=1S/C17H24ClNO4/c1-3-23-15-9-11(8-14(18)16(15)22-2)10-19-13-6-4-12(5-7-13)17(20)21/h8-9,12-13,19H,3-7,10H2,1-2H3,(H,20,21). The fourth-order valence-corrected chi connectivity index (χ4v) is 3.30. The molecule has 0 aliphatic heterocycles. The van der Waals surface area contributed by atoms with Crippen LogP contribution in [-0.4, -0.2) is 30.8 Å². The van der Waals surface area contributed by atoms with Gasteiger partial charge in [-0.2, -0.15) is 0 Å². The Morgan fingerprint density at radius 1 is 1.35 bits per heavy atom. The Morgan fingerprint density at radius 2 is 2.04 bits per heavy atom. The van der Waals surface area contributed by atoms with Crippen LogP contribution in [0.15, 0.2) is 12.1 Å². The Kier molecular flexibility index (Phi) is 6.54. The van der Waals surface area contributed by atoms with Crippen LogP contribution in [0.1, 0.15) is 38.2 Å². The van der Waals surface area contributed by atoms with Gasteiger partial charge in [0.1, 0.15) is 0 Å². The van der Waals surface area contributed by atoms with Crippen molar-refractivity contribution in [3.63, 3.8) is 0 Å². The average molecular weight is 342 g/mol. The van der Waals surface area contributed by atoms with E-state index in [4.69, 9.17) is 26.2 Å². The number of ether oxygens (including phenoxy) is 2. The van der Waals surface area contributed by atoms with Crippen LogP contribution in [0.25, 0.3) is 0 Å². The highest BCUT2D eigenvalue weighted by atomic mass is 35.5. The number of benzene rings is 1. The van der Waals surface area contributed by atoms with Crippen molar-refractivity contribution in [2.75, 3.05) is 13.7 Å². The third-order valence-electron chi connectivity index (χ3n) is 4.24. The fourth-order valence-electron chi connectivity index (χ4n) is 2.99. The number of nitrogens with one attached hydrogen (secondary N) is 1. The summed E-state index contributed by atoms with van der Waals surface area (Å²) in [5.74, 6) is 0.341. The van der Waals surface area contributed by atoms with Gasteiger partial charge < -0.3 is 19.9 Å². The predicted octanol–water partition coefficient (Wildman–Crippen LogP) is 3.48. The van der Waals surface area contributed by atoms with E-state index in [0.717, 1.165) is 31.2 Å². The molecule has 2 N–H and O–H groups in total. The summed E-state index contributed by atoms with van der Waals surface area (Å²) >= 11 is 6.25. The number of halogens is 1. The molecule has 1 aliphatic rings. The minimum Gasteiger partial charge on any atom is -0.491 e. The van der Waals surface area contributed by atoms with Crippen molar-refractivity contribution in [1.82, 2.24) is 5.32 Å². The molecule has 0 amide bonds. The minimum absolute atomic E-state index is 0.187. The van der Waals surface area contributed by atoms with Crippen LogP contribution in [0, 0.1) is 5.92 Å². The molecule has 1 aromatic carbocycles. The summed E-state index contributed by atoms with van der Waals surface area (Å²) in [6.07, 6.45) is 3.25. The zero-order valence-electron chi connectivity index (χ0n) is 13.6. The van der Waals surface area contributed by atoms with E-state index in [1.165, 1.54) is 0 Å². The summed E-state index contributed by atoms with van der Waals surface area (Å²) < 4.78 is 10.9.